The number of thiazole rings is 1. The highest BCUT2D eigenvalue weighted by molar-refractivity contribution is 7.17. The maximum absolute atomic E-state index is 14.3. The minimum Gasteiger partial charge on any atom is -0.388 e. The molecule has 2 atom stereocenters. The lowest BCUT2D eigenvalue weighted by atomic mass is 9.79. The zero-order chi connectivity index (χ0) is 37.6. The number of aromatic nitrogens is 5. The second-order valence-electron chi connectivity index (χ2n) is 14.4. The van der Waals surface area contributed by atoms with Crippen LogP contribution in [0.5, 0.6) is 0 Å². The number of pyridine rings is 1. The summed E-state index contributed by atoms with van der Waals surface area (Å²) in [7, 11) is 0. The van der Waals surface area contributed by atoms with Gasteiger partial charge in [0, 0.05) is 72.4 Å². The number of benzene rings is 2. The largest absolute Gasteiger partial charge is 0.388 e. The van der Waals surface area contributed by atoms with E-state index in [9.17, 15) is 19.5 Å². The molecule has 2 fully saturated rings. The van der Waals surface area contributed by atoms with E-state index in [4.69, 9.17) is 16.6 Å². The molecule has 8 rings (SSSR count). The van der Waals surface area contributed by atoms with Crippen LogP contribution >= 0.6 is 22.9 Å². The molecule has 11 nitrogen and oxygen atoms in total. The number of aryl methyl sites for hydroxylation is 2. The maximum atomic E-state index is 14.3. The summed E-state index contributed by atoms with van der Waals surface area (Å²) in [6, 6.07) is 22.9. The molecule has 0 spiro atoms. The zero-order valence-electron chi connectivity index (χ0n) is 30.1. The molecule has 2 amide bonds. The summed E-state index contributed by atoms with van der Waals surface area (Å²) in [5.41, 5.74) is 3.38. The van der Waals surface area contributed by atoms with Gasteiger partial charge in [0.2, 0.25) is 5.91 Å². The van der Waals surface area contributed by atoms with E-state index in [1.165, 1.54) is 22.2 Å². The third-order valence-corrected chi connectivity index (χ3v) is 12.3. The molecule has 0 unspecified atom stereocenters. The lowest BCUT2D eigenvalue weighted by molar-refractivity contribution is -0.142. The number of rotatable bonds is 7. The Morgan fingerprint density at radius 1 is 0.963 bits per heavy atom. The molecule has 0 aliphatic carbocycles. The van der Waals surface area contributed by atoms with E-state index in [0.717, 1.165) is 27.5 Å². The topological polar surface area (TPSA) is 126 Å². The predicted octanol–water partition coefficient (Wildman–Crippen LogP) is 6.28. The number of amides is 2. The molecular weight excluding hydrogens is 722 g/mol. The normalized spacial score (nSPS) is 18.6. The number of hydrogen-bond donors (Lipinski definition) is 1. The van der Waals surface area contributed by atoms with Gasteiger partial charge in [-0.3, -0.25) is 23.9 Å². The summed E-state index contributed by atoms with van der Waals surface area (Å²) in [6.45, 7) is 5.46. The summed E-state index contributed by atoms with van der Waals surface area (Å²) in [5, 5.41) is 13.5. The number of piperidine rings is 2. The van der Waals surface area contributed by atoms with Gasteiger partial charge < -0.3 is 19.5 Å². The molecule has 2 aliphatic rings. The van der Waals surface area contributed by atoms with Crippen molar-refractivity contribution in [1.82, 2.24) is 33.9 Å². The minimum absolute atomic E-state index is 0.0312. The van der Waals surface area contributed by atoms with E-state index in [0.29, 0.717) is 72.1 Å². The molecule has 2 aliphatic heterocycles. The number of halogens is 1. The van der Waals surface area contributed by atoms with Crippen LogP contribution in [0.15, 0.2) is 96.3 Å². The third-order valence-electron chi connectivity index (χ3n) is 10.8. The van der Waals surface area contributed by atoms with Gasteiger partial charge in [-0.2, -0.15) is 0 Å². The number of nitrogens with zero attached hydrogens (tertiary/aromatic N) is 7. The van der Waals surface area contributed by atoms with Crippen molar-refractivity contribution >= 4 is 45.8 Å². The molecule has 276 valence electrons. The lowest BCUT2D eigenvalue weighted by Crippen LogP contribution is -2.53. The van der Waals surface area contributed by atoms with Crippen molar-refractivity contribution in [3.8, 4) is 16.3 Å². The van der Waals surface area contributed by atoms with Gasteiger partial charge in [-0.05, 0) is 75.1 Å². The quantitative estimate of drug-likeness (QED) is 0.203. The van der Waals surface area contributed by atoms with Crippen molar-refractivity contribution < 1.29 is 14.7 Å². The SMILES string of the molecule is Cc1ccc(-c2nc(C)c(C(=O)N3CC[C@@H](C(=O)N4CCC(O)(Cn5cnc6c(ccn6-c6cccc(Cl)c6)c5=O)CC4)[C@H](c4ccccc4)C3)s2)cn1. The van der Waals surface area contributed by atoms with Gasteiger partial charge in [-0.25, -0.2) is 9.97 Å². The van der Waals surface area contributed by atoms with E-state index < -0.39 is 5.60 Å². The van der Waals surface area contributed by atoms with Crippen molar-refractivity contribution in [3.63, 3.8) is 0 Å². The van der Waals surface area contributed by atoms with Crippen molar-refractivity contribution in [3.05, 3.63) is 129 Å². The summed E-state index contributed by atoms with van der Waals surface area (Å²) >= 11 is 7.57. The fraction of sp³-hybridized carbons (Fsp3) is 0.317. The van der Waals surface area contributed by atoms with Crippen molar-refractivity contribution in [2.24, 2.45) is 5.92 Å². The smallest absolute Gasteiger partial charge is 0.265 e. The summed E-state index contributed by atoms with van der Waals surface area (Å²) < 4.78 is 3.28. The molecule has 2 saturated heterocycles. The van der Waals surface area contributed by atoms with Crippen molar-refractivity contribution in [1.29, 1.82) is 0 Å². The molecule has 0 saturated carbocycles. The van der Waals surface area contributed by atoms with Crippen LogP contribution in [0.2, 0.25) is 5.02 Å². The Labute approximate surface area is 321 Å². The molecule has 6 heterocycles. The lowest BCUT2D eigenvalue weighted by Gasteiger charge is -2.43. The maximum Gasteiger partial charge on any atom is 0.265 e. The van der Waals surface area contributed by atoms with Crippen LogP contribution in [0.3, 0.4) is 0 Å². The van der Waals surface area contributed by atoms with Crippen molar-refractivity contribution in [2.45, 2.75) is 51.2 Å². The Morgan fingerprint density at radius 2 is 1.76 bits per heavy atom. The van der Waals surface area contributed by atoms with E-state index in [1.54, 1.807) is 30.6 Å². The van der Waals surface area contributed by atoms with Gasteiger partial charge in [0.25, 0.3) is 11.5 Å². The Bertz CT molecular complexity index is 2400. The predicted molar refractivity (Wildman–Crippen MR) is 209 cm³/mol. The first-order valence-electron chi connectivity index (χ1n) is 18.2. The second-order valence-corrected chi connectivity index (χ2v) is 15.9. The molecule has 2 aromatic carbocycles. The Hall–Kier alpha value is -5.17. The monoisotopic (exact) mass is 761 g/mol. The number of carbonyl (C=O) groups excluding carboxylic acids is 2. The van der Waals surface area contributed by atoms with Crippen LogP contribution in [0.25, 0.3) is 27.3 Å². The van der Waals surface area contributed by atoms with E-state index >= 15 is 0 Å². The van der Waals surface area contributed by atoms with Crippen LogP contribution in [0, 0.1) is 19.8 Å². The molecule has 1 N–H and O–H groups in total. The van der Waals surface area contributed by atoms with Gasteiger partial charge in [0.05, 0.1) is 23.2 Å². The van der Waals surface area contributed by atoms with E-state index in [1.807, 2.05) is 82.8 Å². The van der Waals surface area contributed by atoms with Gasteiger partial charge in [-0.15, -0.1) is 11.3 Å². The van der Waals surface area contributed by atoms with Crippen LogP contribution in [0.4, 0.5) is 0 Å². The zero-order valence-corrected chi connectivity index (χ0v) is 31.6. The van der Waals surface area contributed by atoms with Crippen LogP contribution in [0.1, 0.15) is 51.8 Å². The number of fused-ring (bicyclic) bond motifs is 1. The molecule has 0 bridgehead atoms. The third kappa shape index (κ3) is 6.97. The van der Waals surface area contributed by atoms with Crippen molar-refractivity contribution in [2.75, 3.05) is 26.2 Å². The summed E-state index contributed by atoms with van der Waals surface area (Å²) in [6.07, 6.45) is 6.22. The fourth-order valence-electron chi connectivity index (χ4n) is 7.78. The first kappa shape index (κ1) is 35.8. The highest BCUT2D eigenvalue weighted by Crippen LogP contribution is 2.37. The highest BCUT2D eigenvalue weighted by Gasteiger charge is 2.42. The Kier molecular flexibility index (Phi) is 9.67. The number of likely N-dealkylation sites (tertiary alicyclic amines) is 2. The first-order chi connectivity index (χ1) is 26.1. The standard InChI is InChI=1S/C41H40ClN7O4S/c1-26-11-12-29(22-43-26)37-45-27(2)35(54-37)40(52)47-17-13-32(34(23-47)28-7-4-3-5-8-28)38(50)46-19-15-41(53,16-20-46)24-48-25-44-36-33(39(48)51)14-18-49(36)31-10-6-9-30(42)21-31/h3-12,14,18,21-22,25,32,34,53H,13,15-17,19-20,23-24H2,1-2H3/t32-,34+/m1/s1. The van der Waals surface area contributed by atoms with Gasteiger partial charge in [0.1, 0.15) is 16.2 Å². The minimum atomic E-state index is -1.18. The molecule has 0 radical (unpaired) electrons. The number of aliphatic hydroxyl groups is 1. The fourth-order valence-corrected chi connectivity index (χ4v) is 8.99. The van der Waals surface area contributed by atoms with E-state index in [2.05, 4.69) is 9.97 Å². The number of carbonyl (C=O) groups is 2. The molecular formula is C41H40ClN7O4S. The van der Waals surface area contributed by atoms with Gasteiger partial charge >= 0.3 is 0 Å². The van der Waals surface area contributed by atoms with Crippen LogP contribution in [-0.4, -0.2) is 82.6 Å². The molecule has 54 heavy (non-hydrogen) atoms. The summed E-state index contributed by atoms with van der Waals surface area (Å²) in [5.74, 6) is -0.558. The molecule has 13 heteroatoms. The van der Waals surface area contributed by atoms with Gasteiger partial charge in [0.15, 0.2) is 5.65 Å². The Morgan fingerprint density at radius 3 is 2.50 bits per heavy atom. The van der Waals surface area contributed by atoms with E-state index in [-0.39, 0.29) is 35.8 Å². The Balaban J connectivity index is 0.953. The van der Waals surface area contributed by atoms with Crippen LogP contribution < -0.4 is 5.56 Å². The second kappa shape index (κ2) is 14.6. The first-order valence-corrected chi connectivity index (χ1v) is 19.3. The number of hydrogen-bond acceptors (Lipinski definition) is 8. The average molecular weight is 762 g/mol. The van der Waals surface area contributed by atoms with Crippen LogP contribution in [-0.2, 0) is 11.3 Å². The molecule has 4 aromatic heterocycles. The molecule has 6 aromatic rings. The average Bonchev–Trinajstić information content (AvgIpc) is 3.80. The highest BCUT2D eigenvalue weighted by atomic mass is 35.5. The van der Waals surface area contributed by atoms with Gasteiger partial charge in [-0.1, -0.05) is 48.0 Å². The summed E-state index contributed by atoms with van der Waals surface area (Å²) in [4.78, 5) is 59.8.